The zero-order chi connectivity index (χ0) is 14.0. The van der Waals surface area contributed by atoms with Gasteiger partial charge in [-0.1, -0.05) is 18.2 Å². The van der Waals surface area contributed by atoms with Gasteiger partial charge >= 0.3 is 0 Å². The first kappa shape index (κ1) is 13.5. The van der Waals surface area contributed by atoms with E-state index < -0.39 is 12.2 Å². The topological polar surface area (TPSA) is 98.7 Å². The molecule has 1 aliphatic heterocycles. The zero-order valence-electron chi connectivity index (χ0n) is 10.5. The third-order valence-corrected chi connectivity index (χ3v) is 3.04. The molecule has 1 heterocycles. The summed E-state index contributed by atoms with van der Waals surface area (Å²) >= 11 is 0. The molecule has 4 N–H and O–H groups in total. The van der Waals surface area contributed by atoms with Gasteiger partial charge in [0.1, 0.15) is 12.2 Å². The molecule has 0 spiro atoms. The van der Waals surface area contributed by atoms with Crippen LogP contribution in [0.4, 0.5) is 5.69 Å². The van der Waals surface area contributed by atoms with Crippen molar-refractivity contribution >= 4 is 17.5 Å². The summed E-state index contributed by atoms with van der Waals surface area (Å²) in [5.74, 6) is -0.413. The van der Waals surface area contributed by atoms with Crippen LogP contribution in [0.5, 0.6) is 0 Å². The minimum Gasteiger partial charge on any atom is -0.388 e. The molecule has 1 aromatic rings. The highest BCUT2D eigenvalue weighted by Crippen LogP contribution is 2.32. The molecule has 0 radical (unpaired) electrons. The van der Waals surface area contributed by atoms with Crippen molar-refractivity contribution in [2.24, 2.45) is 0 Å². The van der Waals surface area contributed by atoms with Crippen molar-refractivity contribution in [3.8, 4) is 0 Å². The van der Waals surface area contributed by atoms with Gasteiger partial charge in [-0.2, -0.15) is 0 Å². The molecule has 6 nitrogen and oxygen atoms in total. The lowest BCUT2D eigenvalue weighted by Gasteiger charge is -2.20. The third kappa shape index (κ3) is 2.91. The zero-order valence-corrected chi connectivity index (χ0v) is 10.5. The Morgan fingerprint density at radius 3 is 2.89 bits per heavy atom. The summed E-state index contributed by atoms with van der Waals surface area (Å²) in [6, 6.07) is 5.17. The molecule has 2 unspecified atom stereocenters. The van der Waals surface area contributed by atoms with E-state index >= 15 is 0 Å². The fourth-order valence-electron chi connectivity index (χ4n) is 2.09. The fraction of sp³-hybridized carbons (Fsp3) is 0.385. The van der Waals surface area contributed by atoms with Crippen LogP contribution in [0.2, 0.25) is 0 Å². The van der Waals surface area contributed by atoms with Crippen molar-refractivity contribution in [1.29, 1.82) is 0 Å². The average molecular weight is 264 g/mol. The molecule has 6 heteroatoms. The second-order valence-electron chi connectivity index (χ2n) is 4.56. The van der Waals surface area contributed by atoms with E-state index in [0.717, 1.165) is 5.56 Å². The van der Waals surface area contributed by atoms with Gasteiger partial charge in [-0.05, 0) is 5.56 Å². The summed E-state index contributed by atoms with van der Waals surface area (Å²) in [7, 11) is 0. The maximum atomic E-state index is 11.3. The van der Waals surface area contributed by atoms with Gasteiger partial charge < -0.3 is 20.8 Å². The highest BCUT2D eigenvalue weighted by Gasteiger charge is 2.27. The van der Waals surface area contributed by atoms with Gasteiger partial charge in [0.05, 0.1) is 12.1 Å². The Labute approximate surface area is 110 Å². The molecule has 0 bridgehead atoms. The lowest BCUT2D eigenvalue weighted by Crippen LogP contribution is -2.34. The van der Waals surface area contributed by atoms with Crippen LogP contribution in [0.1, 0.15) is 24.2 Å². The van der Waals surface area contributed by atoms with E-state index in [1.165, 1.54) is 6.92 Å². The number of hydrogen-bond acceptors (Lipinski definition) is 4. The van der Waals surface area contributed by atoms with Crippen molar-refractivity contribution in [2.75, 3.05) is 11.9 Å². The van der Waals surface area contributed by atoms with E-state index in [0.29, 0.717) is 11.3 Å². The molecule has 2 atom stereocenters. The number of aliphatic hydroxyl groups is 2. The molecule has 1 aliphatic rings. The van der Waals surface area contributed by atoms with E-state index in [1.807, 2.05) is 0 Å². The molecule has 0 saturated carbocycles. The molecular weight excluding hydrogens is 248 g/mol. The van der Waals surface area contributed by atoms with Crippen LogP contribution in [0.3, 0.4) is 0 Å². The number of amides is 2. The summed E-state index contributed by atoms with van der Waals surface area (Å²) in [5.41, 5.74) is 1.82. The number of anilines is 1. The second kappa shape index (κ2) is 5.38. The molecule has 0 saturated heterocycles. The predicted molar refractivity (Wildman–Crippen MR) is 68.4 cm³/mol. The molecule has 0 fully saturated rings. The van der Waals surface area contributed by atoms with Crippen LogP contribution < -0.4 is 10.6 Å². The molecule has 1 aromatic carbocycles. The summed E-state index contributed by atoms with van der Waals surface area (Å²) in [5, 5.41) is 25.0. The second-order valence-corrected chi connectivity index (χ2v) is 4.56. The monoisotopic (exact) mass is 264 g/mol. The van der Waals surface area contributed by atoms with Gasteiger partial charge in [-0.3, -0.25) is 9.59 Å². The Kier molecular flexibility index (Phi) is 3.82. The maximum absolute atomic E-state index is 11.3. The molecule has 2 rings (SSSR count). The number of nitrogens with one attached hydrogen (secondary N) is 2. The summed E-state index contributed by atoms with van der Waals surface area (Å²) in [6.45, 7) is 1.29. The van der Waals surface area contributed by atoms with Crippen molar-refractivity contribution in [1.82, 2.24) is 5.32 Å². The van der Waals surface area contributed by atoms with Crippen LogP contribution >= 0.6 is 0 Å². The number of benzene rings is 1. The Bertz CT molecular complexity index is 515. The Hall–Kier alpha value is -1.92. The number of hydrogen-bond donors (Lipinski definition) is 4. The van der Waals surface area contributed by atoms with Gasteiger partial charge in [-0.15, -0.1) is 0 Å². The highest BCUT2D eigenvalue weighted by molar-refractivity contribution is 6.00. The summed E-state index contributed by atoms with van der Waals surface area (Å²) < 4.78 is 0. The lowest BCUT2D eigenvalue weighted by atomic mass is 9.99. The number of aliphatic hydroxyl groups excluding tert-OH is 2. The number of carbonyl (C=O) groups excluding carboxylic acids is 2. The van der Waals surface area contributed by atoms with Gasteiger partial charge in [0.2, 0.25) is 11.8 Å². The molecule has 0 aromatic heterocycles. The lowest BCUT2D eigenvalue weighted by molar-refractivity contribution is -0.119. The van der Waals surface area contributed by atoms with E-state index in [4.69, 9.17) is 0 Å². The third-order valence-electron chi connectivity index (χ3n) is 3.04. The van der Waals surface area contributed by atoms with E-state index in [9.17, 15) is 19.8 Å². The fourth-order valence-corrected chi connectivity index (χ4v) is 2.09. The Morgan fingerprint density at radius 2 is 2.21 bits per heavy atom. The first-order valence-corrected chi connectivity index (χ1v) is 6.01. The van der Waals surface area contributed by atoms with Crippen molar-refractivity contribution in [3.05, 3.63) is 29.3 Å². The van der Waals surface area contributed by atoms with Crippen molar-refractivity contribution in [3.63, 3.8) is 0 Å². The summed E-state index contributed by atoms with van der Waals surface area (Å²) in [4.78, 5) is 22.1. The number of fused-ring (bicyclic) bond motifs is 1. The quantitative estimate of drug-likeness (QED) is 0.600. The van der Waals surface area contributed by atoms with E-state index in [-0.39, 0.29) is 24.8 Å². The van der Waals surface area contributed by atoms with E-state index in [2.05, 4.69) is 10.6 Å². The van der Waals surface area contributed by atoms with Crippen molar-refractivity contribution < 1.29 is 19.8 Å². The molecule has 102 valence electrons. The molecule has 2 amide bonds. The van der Waals surface area contributed by atoms with Gasteiger partial charge in [0.25, 0.3) is 0 Å². The van der Waals surface area contributed by atoms with Gasteiger partial charge in [0.15, 0.2) is 0 Å². The highest BCUT2D eigenvalue weighted by atomic mass is 16.3. The number of rotatable bonds is 4. The first-order valence-electron chi connectivity index (χ1n) is 6.01. The number of carbonyl (C=O) groups is 2. The minimum atomic E-state index is -1.17. The smallest absolute Gasteiger partial charge is 0.228 e. The molecular formula is C13H16N2O4. The summed E-state index contributed by atoms with van der Waals surface area (Å²) in [6.07, 6.45) is -2.02. The van der Waals surface area contributed by atoms with Crippen LogP contribution in [-0.4, -0.2) is 34.7 Å². The van der Waals surface area contributed by atoms with Crippen LogP contribution in [0, 0.1) is 0 Å². The standard InChI is InChI=1S/C13H16N2O4/c1-7(16)14-6-10(17)13(19)9-4-2-3-8-5-11(18)15-12(8)9/h2-4,10,13,17,19H,5-6H2,1H3,(H,14,16)(H,15,18). The average Bonchev–Trinajstić information content (AvgIpc) is 2.74. The predicted octanol–water partition coefficient (Wildman–Crippen LogP) is -0.288. The molecule has 19 heavy (non-hydrogen) atoms. The van der Waals surface area contributed by atoms with Crippen LogP contribution in [0.15, 0.2) is 18.2 Å². The largest absolute Gasteiger partial charge is 0.388 e. The van der Waals surface area contributed by atoms with Gasteiger partial charge in [-0.25, -0.2) is 0 Å². The van der Waals surface area contributed by atoms with Gasteiger partial charge in [0, 0.05) is 19.0 Å². The minimum absolute atomic E-state index is 0.0475. The Balaban J connectivity index is 2.16. The SMILES string of the molecule is CC(=O)NCC(O)C(O)c1cccc2c1NC(=O)C2. The number of para-hydroxylation sites is 1. The normalized spacial score (nSPS) is 16.5. The Morgan fingerprint density at radius 1 is 1.47 bits per heavy atom. The van der Waals surface area contributed by atoms with Crippen molar-refractivity contribution in [2.45, 2.75) is 25.6 Å². The molecule has 0 aliphatic carbocycles. The maximum Gasteiger partial charge on any atom is 0.228 e. The van der Waals surface area contributed by atoms with E-state index in [1.54, 1.807) is 18.2 Å². The van der Waals surface area contributed by atoms with Crippen LogP contribution in [0.25, 0.3) is 0 Å². The van der Waals surface area contributed by atoms with Crippen LogP contribution in [-0.2, 0) is 16.0 Å². The first-order chi connectivity index (χ1) is 8.99.